The minimum Gasteiger partial charge on any atom is -0.790 e. The fourth-order valence-corrected chi connectivity index (χ4v) is 2.83. The summed E-state index contributed by atoms with van der Waals surface area (Å²) in [5.74, 6) is 0. The average molecular weight is 480 g/mol. The first kappa shape index (κ1) is 34.1. The summed E-state index contributed by atoms with van der Waals surface area (Å²) in [6.07, 6.45) is 10.4. The molecule has 0 unspecified atom stereocenters. The molecular weight excluding hydrogens is 438 g/mol. The van der Waals surface area contributed by atoms with E-state index in [4.69, 9.17) is 23.7 Å². The van der Waals surface area contributed by atoms with E-state index in [-0.39, 0.29) is 49.4 Å². The standard InChI is InChI=1S/C20H43O9P.Na/c1-2-3-4-5-6-7-8-9-10-24-11-12-25-13-14-26-15-16-27-17-18-28-19-20-29-30(21,22)23;/h2-20H2,1H3,(H2,21,22,23);/q;+1/p-2. The third-order valence-corrected chi connectivity index (χ3v) is 4.61. The summed E-state index contributed by atoms with van der Waals surface area (Å²) in [5.41, 5.74) is 0. The number of hydrogen-bond acceptors (Lipinski definition) is 9. The maximum atomic E-state index is 10.2. The molecule has 0 aromatic carbocycles. The Labute approximate surface area is 210 Å². The molecule has 0 aromatic heterocycles. The van der Waals surface area contributed by atoms with Gasteiger partial charge in [-0.15, -0.1) is 0 Å². The van der Waals surface area contributed by atoms with Crippen LogP contribution in [0.3, 0.4) is 0 Å². The van der Waals surface area contributed by atoms with Crippen molar-refractivity contribution in [3.05, 3.63) is 0 Å². The predicted octanol–water partition coefficient (Wildman–Crippen LogP) is -0.941. The van der Waals surface area contributed by atoms with E-state index >= 15 is 0 Å². The summed E-state index contributed by atoms with van der Waals surface area (Å²) in [4.78, 5) is 20.4. The molecule has 0 saturated carbocycles. The number of phosphoric acid groups is 1. The van der Waals surface area contributed by atoms with E-state index in [0.717, 1.165) is 13.0 Å². The first-order valence-corrected chi connectivity index (χ1v) is 12.6. The third kappa shape index (κ3) is 33.2. The zero-order chi connectivity index (χ0) is 22.2. The van der Waals surface area contributed by atoms with E-state index in [1.807, 2.05) is 0 Å². The molecule has 0 N–H and O–H groups in total. The zero-order valence-electron chi connectivity index (χ0n) is 19.6. The van der Waals surface area contributed by atoms with Crippen molar-refractivity contribution in [3.63, 3.8) is 0 Å². The maximum Gasteiger partial charge on any atom is 1.00 e. The molecule has 11 heteroatoms. The Morgan fingerprint density at radius 1 is 0.516 bits per heavy atom. The molecule has 0 heterocycles. The van der Waals surface area contributed by atoms with Gasteiger partial charge in [0, 0.05) is 6.61 Å². The van der Waals surface area contributed by atoms with Gasteiger partial charge in [0.25, 0.3) is 0 Å². The maximum absolute atomic E-state index is 10.2. The van der Waals surface area contributed by atoms with E-state index in [1.165, 1.54) is 44.9 Å². The van der Waals surface area contributed by atoms with Crippen LogP contribution in [0.15, 0.2) is 0 Å². The monoisotopic (exact) mass is 479 g/mol. The van der Waals surface area contributed by atoms with E-state index in [2.05, 4.69) is 11.4 Å². The van der Waals surface area contributed by atoms with Gasteiger partial charge in [-0.05, 0) is 6.42 Å². The van der Waals surface area contributed by atoms with Crippen LogP contribution in [-0.2, 0) is 32.8 Å². The second-order valence-corrected chi connectivity index (χ2v) is 7.97. The Balaban J connectivity index is 0. The number of unbranched alkanes of at least 4 members (excludes halogenated alkanes) is 7. The second kappa shape index (κ2) is 27.2. The largest absolute Gasteiger partial charge is 1.00 e. The van der Waals surface area contributed by atoms with Crippen LogP contribution < -0.4 is 39.3 Å². The van der Waals surface area contributed by atoms with Crippen molar-refractivity contribution in [2.24, 2.45) is 0 Å². The van der Waals surface area contributed by atoms with Crippen LogP contribution in [0.1, 0.15) is 58.3 Å². The first-order chi connectivity index (χ1) is 14.6. The van der Waals surface area contributed by atoms with Gasteiger partial charge in [-0.3, -0.25) is 0 Å². The summed E-state index contributed by atoms with van der Waals surface area (Å²) < 4.78 is 40.9. The van der Waals surface area contributed by atoms with E-state index in [1.54, 1.807) is 0 Å². The van der Waals surface area contributed by atoms with Gasteiger partial charge in [0.2, 0.25) is 0 Å². The first-order valence-electron chi connectivity index (χ1n) is 11.1. The molecule has 0 radical (unpaired) electrons. The SMILES string of the molecule is CCCCCCCCCCOCCOCCOCCOCCOCCOP(=O)([O-])[O-].[Na+]. The number of rotatable bonds is 25. The molecular formula is C20H41NaO9P-. The van der Waals surface area contributed by atoms with Crippen molar-refractivity contribution < 1.29 is 72.1 Å². The number of ether oxygens (including phenoxy) is 5. The van der Waals surface area contributed by atoms with Crippen molar-refractivity contribution in [2.75, 3.05) is 72.7 Å². The minimum absolute atomic E-state index is 0. The van der Waals surface area contributed by atoms with Gasteiger partial charge in [0.1, 0.15) is 0 Å². The normalized spacial score (nSPS) is 11.6. The topological polar surface area (TPSA) is 119 Å². The van der Waals surface area contributed by atoms with Crippen molar-refractivity contribution in [1.82, 2.24) is 0 Å². The summed E-state index contributed by atoms with van der Waals surface area (Å²) in [5, 5.41) is 0. The Morgan fingerprint density at radius 2 is 0.839 bits per heavy atom. The van der Waals surface area contributed by atoms with Gasteiger partial charge in [-0.2, -0.15) is 0 Å². The molecule has 0 aliphatic rings. The van der Waals surface area contributed by atoms with Crippen LogP contribution >= 0.6 is 7.82 Å². The van der Waals surface area contributed by atoms with Crippen LogP contribution in [0, 0.1) is 0 Å². The summed E-state index contributed by atoms with van der Waals surface area (Å²) >= 11 is 0. The third-order valence-electron chi connectivity index (χ3n) is 4.11. The van der Waals surface area contributed by atoms with Crippen molar-refractivity contribution in [3.8, 4) is 0 Å². The van der Waals surface area contributed by atoms with Gasteiger partial charge in [-0.1, -0.05) is 51.9 Å². The molecule has 0 aliphatic carbocycles. The molecule has 0 saturated heterocycles. The summed E-state index contributed by atoms with van der Waals surface area (Å²) in [6, 6.07) is 0. The Bertz CT molecular complexity index is 386. The van der Waals surface area contributed by atoms with E-state index in [9.17, 15) is 14.4 Å². The van der Waals surface area contributed by atoms with Gasteiger partial charge < -0.3 is 42.6 Å². The number of hydrogen-bond donors (Lipinski definition) is 0. The predicted molar refractivity (Wildman–Crippen MR) is 110 cm³/mol. The molecule has 182 valence electrons. The van der Waals surface area contributed by atoms with Crippen molar-refractivity contribution in [1.29, 1.82) is 0 Å². The molecule has 0 spiro atoms. The fraction of sp³-hybridized carbons (Fsp3) is 1.00. The van der Waals surface area contributed by atoms with Crippen LogP contribution in [0.25, 0.3) is 0 Å². The molecule has 0 amide bonds. The van der Waals surface area contributed by atoms with E-state index in [0.29, 0.717) is 46.2 Å². The summed E-state index contributed by atoms with van der Waals surface area (Å²) in [6.45, 7) is 6.52. The molecule has 0 atom stereocenters. The summed E-state index contributed by atoms with van der Waals surface area (Å²) in [7, 11) is -4.91. The van der Waals surface area contributed by atoms with Crippen LogP contribution in [0.2, 0.25) is 0 Å². The van der Waals surface area contributed by atoms with Crippen LogP contribution in [0.4, 0.5) is 0 Å². The zero-order valence-corrected chi connectivity index (χ0v) is 22.5. The fourth-order valence-electron chi connectivity index (χ4n) is 2.53. The second-order valence-electron chi connectivity index (χ2n) is 6.82. The van der Waals surface area contributed by atoms with E-state index < -0.39 is 7.82 Å². The van der Waals surface area contributed by atoms with Crippen LogP contribution in [-0.4, -0.2) is 72.7 Å². The molecule has 0 aromatic rings. The molecule has 9 nitrogen and oxygen atoms in total. The average Bonchev–Trinajstić information content (AvgIpc) is 2.70. The van der Waals surface area contributed by atoms with Gasteiger partial charge in [0.15, 0.2) is 0 Å². The van der Waals surface area contributed by atoms with Gasteiger partial charge in [0.05, 0.1) is 73.9 Å². The quantitative estimate of drug-likeness (QED) is 0.0928. The Morgan fingerprint density at radius 3 is 1.23 bits per heavy atom. The van der Waals surface area contributed by atoms with Crippen LogP contribution in [0.5, 0.6) is 0 Å². The molecule has 0 aliphatic heterocycles. The smallest absolute Gasteiger partial charge is 0.790 e. The van der Waals surface area contributed by atoms with Crippen molar-refractivity contribution >= 4 is 7.82 Å². The van der Waals surface area contributed by atoms with Gasteiger partial charge >= 0.3 is 29.6 Å². The number of phosphoric ester groups is 1. The molecule has 0 bridgehead atoms. The van der Waals surface area contributed by atoms with Crippen molar-refractivity contribution in [2.45, 2.75) is 58.3 Å². The molecule has 0 fully saturated rings. The Kier molecular flexibility index (Phi) is 29.9. The van der Waals surface area contributed by atoms with Gasteiger partial charge in [-0.25, -0.2) is 0 Å². The minimum atomic E-state index is -4.91. The molecule has 31 heavy (non-hydrogen) atoms. The molecule has 0 rings (SSSR count). The Hall–Kier alpha value is 0.910.